The second-order valence-corrected chi connectivity index (χ2v) is 7.97. The van der Waals surface area contributed by atoms with E-state index >= 15 is 0 Å². The Kier molecular flexibility index (Phi) is 5.13. The Labute approximate surface area is 168 Å². The Bertz CT molecular complexity index is 954. The summed E-state index contributed by atoms with van der Waals surface area (Å²) in [6.45, 7) is 5.11. The number of piperidine rings is 1. The summed E-state index contributed by atoms with van der Waals surface area (Å²) in [5, 5.41) is 6.51. The van der Waals surface area contributed by atoms with E-state index in [4.69, 9.17) is 4.74 Å². The predicted octanol–water partition coefficient (Wildman–Crippen LogP) is 3.24. The van der Waals surface area contributed by atoms with Crippen LogP contribution in [-0.4, -0.2) is 49.7 Å². The molecule has 4 rings (SSSR count). The van der Waals surface area contributed by atoms with Crippen LogP contribution in [0.4, 0.5) is 0 Å². The summed E-state index contributed by atoms with van der Waals surface area (Å²) >= 11 is 1.62. The lowest BCUT2D eigenvalue weighted by Crippen LogP contribution is -2.42. The van der Waals surface area contributed by atoms with Gasteiger partial charge in [0, 0.05) is 44.7 Å². The number of hydrogen-bond donors (Lipinski definition) is 0. The number of rotatable bonds is 4. The van der Waals surface area contributed by atoms with Crippen LogP contribution in [0.25, 0.3) is 10.6 Å². The van der Waals surface area contributed by atoms with E-state index in [0.29, 0.717) is 30.5 Å². The molecule has 28 heavy (non-hydrogen) atoms. The van der Waals surface area contributed by atoms with Gasteiger partial charge >= 0.3 is 0 Å². The molecule has 8 heteroatoms. The number of nitrogens with zero attached hydrogens (tertiary/aromatic N) is 5. The van der Waals surface area contributed by atoms with Gasteiger partial charge in [-0.3, -0.25) is 9.48 Å². The maximum Gasteiger partial charge on any atom is 0.272 e. The van der Waals surface area contributed by atoms with Crippen LogP contribution in [0.3, 0.4) is 0 Å². The molecule has 1 fully saturated rings. The second-order valence-electron chi connectivity index (χ2n) is 7.02. The standard InChI is InChI=1S/C20H23N5O2S/c1-13-11-19(22-14(2)21-13)27-15-6-8-25(9-7-15)20(26)17-12-16(23-24(17)3)18-5-4-10-28-18/h4-5,10-12,15H,6-9H2,1-3H3. The molecule has 0 unspecified atom stereocenters. The van der Waals surface area contributed by atoms with Crippen LogP contribution in [0.15, 0.2) is 29.6 Å². The first-order valence-corrected chi connectivity index (χ1v) is 10.2. The third kappa shape index (κ3) is 3.91. The Morgan fingerprint density at radius 1 is 1.21 bits per heavy atom. The van der Waals surface area contributed by atoms with Crippen LogP contribution >= 0.6 is 11.3 Å². The zero-order chi connectivity index (χ0) is 19.7. The molecule has 0 aromatic carbocycles. The zero-order valence-electron chi connectivity index (χ0n) is 16.3. The van der Waals surface area contributed by atoms with Gasteiger partial charge in [-0.2, -0.15) is 10.1 Å². The largest absolute Gasteiger partial charge is 0.474 e. The monoisotopic (exact) mass is 397 g/mol. The number of likely N-dealkylation sites (tertiary alicyclic amines) is 1. The number of amides is 1. The van der Waals surface area contributed by atoms with Gasteiger partial charge in [0.2, 0.25) is 5.88 Å². The Hall–Kier alpha value is -2.74. The van der Waals surface area contributed by atoms with E-state index in [1.54, 1.807) is 16.0 Å². The number of aromatic nitrogens is 4. The topological polar surface area (TPSA) is 73.1 Å². The lowest BCUT2D eigenvalue weighted by Gasteiger charge is -2.31. The van der Waals surface area contributed by atoms with Gasteiger partial charge in [-0.25, -0.2) is 4.98 Å². The molecule has 0 aliphatic carbocycles. The van der Waals surface area contributed by atoms with Crippen molar-refractivity contribution >= 4 is 17.2 Å². The van der Waals surface area contributed by atoms with Crippen LogP contribution in [0, 0.1) is 13.8 Å². The molecule has 0 spiro atoms. The highest BCUT2D eigenvalue weighted by atomic mass is 32.1. The number of hydrogen-bond acceptors (Lipinski definition) is 6. The van der Waals surface area contributed by atoms with Crippen molar-refractivity contribution in [3.8, 4) is 16.5 Å². The first-order chi connectivity index (χ1) is 13.5. The Morgan fingerprint density at radius 3 is 2.68 bits per heavy atom. The molecule has 0 N–H and O–H groups in total. The van der Waals surface area contributed by atoms with Gasteiger partial charge in [-0.05, 0) is 31.4 Å². The highest BCUT2D eigenvalue weighted by molar-refractivity contribution is 7.13. The fourth-order valence-electron chi connectivity index (χ4n) is 3.46. The van der Waals surface area contributed by atoms with Crippen molar-refractivity contribution in [2.75, 3.05) is 13.1 Å². The van der Waals surface area contributed by atoms with Gasteiger partial charge in [-0.1, -0.05) is 6.07 Å². The maximum atomic E-state index is 13.0. The summed E-state index contributed by atoms with van der Waals surface area (Å²) in [6.07, 6.45) is 1.62. The van der Waals surface area contributed by atoms with E-state index in [9.17, 15) is 4.79 Å². The highest BCUT2D eigenvalue weighted by Crippen LogP contribution is 2.25. The van der Waals surface area contributed by atoms with Crippen molar-refractivity contribution in [2.45, 2.75) is 32.8 Å². The van der Waals surface area contributed by atoms with Crippen molar-refractivity contribution < 1.29 is 9.53 Å². The zero-order valence-corrected chi connectivity index (χ0v) is 17.1. The van der Waals surface area contributed by atoms with Gasteiger partial charge in [0.1, 0.15) is 23.3 Å². The molecular formula is C20H23N5O2S. The number of ether oxygens (including phenoxy) is 1. The molecular weight excluding hydrogens is 374 g/mol. The first-order valence-electron chi connectivity index (χ1n) is 9.36. The second kappa shape index (κ2) is 7.71. The van der Waals surface area contributed by atoms with E-state index in [1.165, 1.54) is 0 Å². The molecule has 7 nitrogen and oxygen atoms in total. The summed E-state index contributed by atoms with van der Waals surface area (Å²) in [7, 11) is 1.82. The number of thiophene rings is 1. The van der Waals surface area contributed by atoms with E-state index in [0.717, 1.165) is 29.1 Å². The van der Waals surface area contributed by atoms with Crippen LogP contribution in [0.1, 0.15) is 34.8 Å². The third-order valence-corrected chi connectivity index (χ3v) is 5.72. The SMILES string of the molecule is Cc1cc(OC2CCN(C(=O)c3cc(-c4cccs4)nn3C)CC2)nc(C)n1. The molecule has 1 aliphatic rings. The molecule has 146 valence electrons. The summed E-state index contributed by atoms with van der Waals surface area (Å²) < 4.78 is 7.70. The Morgan fingerprint density at radius 2 is 2.00 bits per heavy atom. The number of aryl methyl sites for hydroxylation is 3. The highest BCUT2D eigenvalue weighted by Gasteiger charge is 2.27. The number of carbonyl (C=O) groups excluding carboxylic acids is 1. The minimum absolute atomic E-state index is 0.0185. The molecule has 0 radical (unpaired) electrons. The van der Waals surface area contributed by atoms with Crippen LogP contribution in [-0.2, 0) is 7.05 Å². The van der Waals surface area contributed by atoms with E-state index in [-0.39, 0.29) is 12.0 Å². The normalized spacial score (nSPS) is 15.0. The summed E-state index contributed by atoms with van der Waals surface area (Å²) in [4.78, 5) is 24.5. The van der Waals surface area contributed by atoms with Gasteiger partial charge in [-0.15, -0.1) is 11.3 Å². The molecule has 1 aliphatic heterocycles. The summed E-state index contributed by atoms with van der Waals surface area (Å²) in [6, 6.07) is 7.73. The van der Waals surface area contributed by atoms with Crippen LogP contribution < -0.4 is 4.74 Å². The average molecular weight is 398 g/mol. The maximum absolute atomic E-state index is 13.0. The minimum atomic E-state index is 0.0185. The van der Waals surface area contributed by atoms with E-state index in [1.807, 2.05) is 55.4 Å². The van der Waals surface area contributed by atoms with E-state index in [2.05, 4.69) is 15.1 Å². The molecule has 1 amide bonds. The van der Waals surface area contributed by atoms with Crippen LogP contribution in [0.5, 0.6) is 5.88 Å². The van der Waals surface area contributed by atoms with Crippen molar-refractivity contribution in [2.24, 2.45) is 7.05 Å². The average Bonchev–Trinajstić information content (AvgIpc) is 3.30. The van der Waals surface area contributed by atoms with Crippen molar-refractivity contribution in [3.05, 3.63) is 46.9 Å². The molecule has 0 atom stereocenters. The fraction of sp³-hybridized carbons (Fsp3) is 0.400. The lowest BCUT2D eigenvalue weighted by atomic mass is 10.1. The van der Waals surface area contributed by atoms with Crippen LogP contribution in [0.2, 0.25) is 0 Å². The molecule has 4 heterocycles. The van der Waals surface area contributed by atoms with Crippen molar-refractivity contribution in [1.82, 2.24) is 24.6 Å². The van der Waals surface area contributed by atoms with Gasteiger partial charge in [0.05, 0.1) is 4.88 Å². The molecule has 3 aromatic heterocycles. The van der Waals surface area contributed by atoms with Gasteiger partial charge in [0.25, 0.3) is 5.91 Å². The number of carbonyl (C=O) groups is 1. The lowest BCUT2D eigenvalue weighted by molar-refractivity contribution is 0.0577. The summed E-state index contributed by atoms with van der Waals surface area (Å²) in [5.74, 6) is 1.34. The van der Waals surface area contributed by atoms with Crippen molar-refractivity contribution in [1.29, 1.82) is 0 Å². The molecule has 0 saturated carbocycles. The Balaban J connectivity index is 1.39. The fourth-order valence-corrected chi connectivity index (χ4v) is 4.15. The van der Waals surface area contributed by atoms with Gasteiger partial charge < -0.3 is 9.64 Å². The molecule has 1 saturated heterocycles. The third-order valence-electron chi connectivity index (χ3n) is 4.83. The predicted molar refractivity (Wildman–Crippen MR) is 108 cm³/mol. The summed E-state index contributed by atoms with van der Waals surface area (Å²) in [5.41, 5.74) is 2.35. The molecule has 0 bridgehead atoms. The van der Waals surface area contributed by atoms with Crippen molar-refractivity contribution in [3.63, 3.8) is 0 Å². The molecule has 3 aromatic rings. The first kappa shape index (κ1) is 18.6. The van der Waals surface area contributed by atoms with Gasteiger partial charge in [0.15, 0.2) is 0 Å². The van der Waals surface area contributed by atoms with E-state index < -0.39 is 0 Å². The smallest absolute Gasteiger partial charge is 0.272 e. The minimum Gasteiger partial charge on any atom is -0.474 e. The quantitative estimate of drug-likeness (QED) is 0.676.